The second-order valence-electron chi connectivity index (χ2n) is 5.99. The average Bonchev–Trinajstić information content (AvgIpc) is 3.12. The summed E-state index contributed by atoms with van der Waals surface area (Å²) < 4.78 is 1.79. The van der Waals surface area contributed by atoms with E-state index in [9.17, 15) is 0 Å². The van der Waals surface area contributed by atoms with Crippen LogP contribution in [0.3, 0.4) is 0 Å². The lowest BCUT2D eigenvalue weighted by Gasteiger charge is -2.10. The van der Waals surface area contributed by atoms with Crippen LogP contribution in [-0.4, -0.2) is 25.2 Å². The first-order valence-electron chi connectivity index (χ1n) is 8.15. The van der Waals surface area contributed by atoms with E-state index in [4.69, 9.17) is 11.6 Å². The second-order valence-corrected chi connectivity index (χ2v) is 7.34. The SMILES string of the molecule is Cc1cccc(-n2nnnc2SCc2ccc(Cl)c3cccnc23)c1C. The highest BCUT2D eigenvalue weighted by molar-refractivity contribution is 7.98. The first kappa shape index (κ1) is 17.0. The van der Waals surface area contributed by atoms with Gasteiger partial charge in [0.15, 0.2) is 0 Å². The molecular formula is C19H16ClN5S. The Morgan fingerprint density at radius 1 is 1.08 bits per heavy atom. The zero-order valence-corrected chi connectivity index (χ0v) is 15.9. The summed E-state index contributed by atoms with van der Waals surface area (Å²) in [6, 6.07) is 13.9. The van der Waals surface area contributed by atoms with Crippen molar-refractivity contribution in [2.24, 2.45) is 0 Å². The van der Waals surface area contributed by atoms with Crippen LogP contribution < -0.4 is 0 Å². The lowest BCUT2D eigenvalue weighted by molar-refractivity contribution is 0.751. The fraction of sp³-hybridized carbons (Fsp3) is 0.158. The summed E-state index contributed by atoms with van der Waals surface area (Å²) in [5, 5.41) is 14.7. The molecule has 0 bridgehead atoms. The summed E-state index contributed by atoms with van der Waals surface area (Å²) in [6.45, 7) is 4.17. The van der Waals surface area contributed by atoms with Crippen molar-refractivity contribution in [3.05, 3.63) is 70.4 Å². The van der Waals surface area contributed by atoms with Gasteiger partial charge in [0.25, 0.3) is 0 Å². The van der Waals surface area contributed by atoms with Crippen LogP contribution in [0.1, 0.15) is 16.7 Å². The smallest absolute Gasteiger partial charge is 0.214 e. The predicted molar refractivity (Wildman–Crippen MR) is 105 cm³/mol. The van der Waals surface area contributed by atoms with Crippen LogP contribution in [0.15, 0.2) is 53.8 Å². The standard InChI is InChI=1S/C19H16ClN5S/c1-12-5-3-7-17(13(12)2)25-19(22-23-24-25)26-11-14-8-9-16(20)15-6-4-10-21-18(14)15/h3-10H,11H2,1-2H3. The first-order chi connectivity index (χ1) is 12.6. The van der Waals surface area contributed by atoms with E-state index in [-0.39, 0.29) is 0 Å². The molecule has 0 atom stereocenters. The molecule has 0 aliphatic heterocycles. The molecule has 5 nitrogen and oxygen atoms in total. The van der Waals surface area contributed by atoms with Crippen molar-refractivity contribution in [3.63, 3.8) is 0 Å². The van der Waals surface area contributed by atoms with E-state index in [0.29, 0.717) is 10.8 Å². The maximum Gasteiger partial charge on any atom is 0.214 e. The third-order valence-corrected chi connectivity index (χ3v) is 5.70. The van der Waals surface area contributed by atoms with E-state index < -0.39 is 0 Å². The minimum absolute atomic E-state index is 0.704. The molecule has 0 aliphatic rings. The summed E-state index contributed by atoms with van der Waals surface area (Å²) >= 11 is 7.86. The van der Waals surface area contributed by atoms with Gasteiger partial charge >= 0.3 is 0 Å². The summed E-state index contributed by atoms with van der Waals surface area (Å²) in [4.78, 5) is 4.49. The molecule has 0 amide bonds. The van der Waals surface area contributed by atoms with Crippen molar-refractivity contribution in [1.82, 2.24) is 25.2 Å². The van der Waals surface area contributed by atoms with Crippen molar-refractivity contribution in [2.75, 3.05) is 0 Å². The number of rotatable bonds is 4. The van der Waals surface area contributed by atoms with Gasteiger partial charge in [-0.2, -0.15) is 4.68 Å². The lowest BCUT2D eigenvalue weighted by atomic mass is 10.1. The molecule has 0 fully saturated rings. The second kappa shape index (κ2) is 7.05. The van der Waals surface area contributed by atoms with Gasteiger partial charge in [-0.3, -0.25) is 4.98 Å². The predicted octanol–water partition coefficient (Wildman–Crippen LogP) is 4.77. The van der Waals surface area contributed by atoms with Crippen molar-refractivity contribution in [3.8, 4) is 5.69 Å². The summed E-state index contributed by atoms with van der Waals surface area (Å²) in [5.74, 6) is 0.704. The summed E-state index contributed by atoms with van der Waals surface area (Å²) in [6.07, 6.45) is 1.78. The Hall–Kier alpha value is -2.44. The number of halogens is 1. The number of aryl methyl sites for hydroxylation is 1. The third-order valence-electron chi connectivity index (χ3n) is 4.40. The zero-order chi connectivity index (χ0) is 18.1. The monoisotopic (exact) mass is 381 g/mol. The maximum atomic E-state index is 6.28. The summed E-state index contributed by atoms with van der Waals surface area (Å²) in [7, 11) is 0. The number of pyridine rings is 1. The molecule has 7 heteroatoms. The van der Waals surface area contributed by atoms with Gasteiger partial charge in [-0.15, -0.1) is 5.10 Å². The van der Waals surface area contributed by atoms with Crippen LogP contribution >= 0.6 is 23.4 Å². The van der Waals surface area contributed by atoms with E-state index in [2.05, 4.69) is 40.4 Å². The van der Waals surface area contributed by atoms with Gasteiger partial charge in [-0.05, 0) is 65.2 Å². The van der Waals surface area contributed by atoms with Gasteiger partial charge in [-0.25, -0.2) is 0 Å². The maximum absolute atomic E-state index is 6.28. The highest BCUT2D eigenvalue weighted by atomic mass is 35.5. The molecule has 0 spiro atoms. The lowest BCUT2D eigenvalue weighted by Crippen LogP contribution is -2.02. The number of tetrazole rings is 1. The number of fused-ring (bicyclic) bond motifs is 1. The van der Waals surface area contributed by atoms with Gasteiger partial charge in [0.2, 0.25) is 5.16 Å². The highest BCUT2D eigenvalue weighted by Gasteiger charge is 2.13. The molecule has 0 unspecified atom stereocenters. The van der Waals surface area contributed by atoms with E-state index in [0.717, 1.165) is 27.3 Å². The van der Waals surface area contributed by atoms with Crippen LogP contribution in [0.25, 0.3) is 16.6 Å². The van der Waals surface area contributed by atoms with Crippen molar-refractivity contribution < 1.29 is 0 Å². The Kier molecular flexibility index (Phi) is 4.61. The largest absolute Gasteiger partial charge is 0.256 e. The van der Waals surface area contributed by atoms with Gasteiger partial charge in [-0.1, -0.05) is 41.6 Å². The quantitative estimate of drug-likeness (QED) is 0.476. The number of nitrogens with zero attached hydrogens (tertiary/aromatic N) is 5. The summed E-state index contributed by atoms with van der Waals surface area (Å²) in [5.41, 5.74) is 5.39. The van der Waals surface area contributed by atoms with Gasteiger partial charge in [0.05, 0.1) is 11.2 Å². The number of aromatic nitrogens is 5. The van der Waals surface area contributed by atoms with Crippen LogP contribution in [-0.2, 0) is 5.75 Å². The molecule has 0 N–H and O–H groups in total. The van der Waals surface area contributed by atoms with Crippen molar-refractivity contribution in [1.29, 1.82) is 0 Å². The number of hydrogen-bond donors (Lipinski definition) is 0. The van der Waals surface area contributed by atoms with Crippen molar-refractivity contribution >= 4 is 34.3 Å². The molecular weight excluding hydrogens is 366 g/mol. The van der Waals surface area contributed by atoms with E-state index in [1.54, 1.807) is 22.6 Å². The molecule has 0 radical (unpaired) electrons. The van der Waals surface area contributed by atoms with E-state index in [1.165, 1.54) is 11.1 Å². The minimum Gasteiger partial charge on any atom is -0.256 e. The minimum atomic E-state index is 0.704. The van der Waals surface area contributed by atoms with Crippen LogP contribution in [0, 0.1) is 13.8 Å². The molecule has 0 aliphatic carbocycles. The molecule has 4 aromatic rings. The molecule has 4 rings (SSSR count). The van der Waals surface area contributed by atoms with Gasteiger partial charge in [0.1, 0.15) is 0 Å². The van der Waals surface area contributed by atoms with Crippen LogP contribution in [0.4, 0.5) is 0 Å². The molecule has 2 aromatic carbocycles. The molecule has 0 saturated carbocycles. The number of thioether (sulfide) groups is 1. The third kappa shape index (κ3) is 3.06. The molecule has 0 saturated heterocycles. The Labute approximate surface area is 160 Å². The van der Waals surface area contributed by atoms with Gasteiger partial charge < -0.3 is 0 Å². The van der Waals surface area contributed by atoms with Crippen LogP contribution in [0.5, 0.6) is 0 Å². The number of benzene rings is 2. The Bertz CT molecular complexity index is 1090. The fourth-order valence-electron chi connectivity index (χ4n) is 2.84. The highest BCUT2D eigenvalue weighted by Crippen LogP contribution is 2.30. The van der Waals surface area contributed by atoms with Crippen molar-refractivity contribution in [2.45, 2.75) is 24.8 Å². The zero-order valence-electron chi connectivity index (χ0n) is 14.3. The van der Waals surface area contributed by atoms with E-state index in [1.807, 2.05) is 36.4 Å². The average molecular weight is 382 g/mol. The Morgan fingerprint density at radius 3 is 2.85 bits per heavy atom. The van der Waals surface area contributed by atoms with Crippen LogP contribution in [0.2, 0.25) is 5.02 Å². The molecule has 2 heterocycles. The number of hydrogen-bond acceptors (Lipinski definition) is 5. The topological polar surface area (TPSA) is 56.5 Å². The molecule has 26 heavy (non-hydrogen) atoms. The van der Waals surface area contributed by atoms with E-state index >= 15 is 0 Å². The Morgan fingerprint density at radius 2 is 1.96 bits per heavy atom. The molecule has 2 aromatic heterocycles. The normalized spacial score (nSPS) is 11.2. The fourth-order valence-corrected chi connectivity index (χ4v) is 3.92. The first-order valence-corrected chi connectivity index (χ1v) is 9.51. The van der Waals surface area contributed by atoms with Gasteiger partial charge in [0, 0.05) is 22.4 Å². The Balaban J connectivity index is 1.66. The molecule has 130 valence electrons.